The predicted octanol–water partition coefficient (Wildman–Crippen LogP) is 4.88. The summed E-state index contributed by atoms with van der Waals surface area (Å²) in [7, 11) is 0. The third kappa shape index (κ3) is 3.77. The van der Waals surface area contributed by atoms with Crippen molar-refractivity contribution in [2.75, 3.05) is 6.61 Å². The number of ether oxygens (including phenoxy) is 4. The van der Waals surface area contributed by atoms with Crippen molar-refractivity contribution < 1.29 is 33.6 Å². The van der Waals surface area contributed by atoms with Crippen LogP contribution >= 0.6 is 0 Å². The average Bonchev–Trinajstić information content (AvgIpc) is 3.27. The zero-order valence-electron chi connectivity index (χ0n) is 24.1. The molecule has 5 unspecified atom stereocenters. The van der Waals surface area contributed by atoms with Gasteiger partial charge in [0.2, 0.25) is 0 Å². The molecule has 1 N–H and O–H groups in total. The Morgan fingerprint density at radius 3 is 2.32 bits per heavy atom. The first kappa shape index (κ1) is 27.0. The highest BCUT2D eigenvalue weighted by Gasteiger charge is 2.72. The van der Waals surface area contributed by atoms with Crippen molar-refractivity contribution >= 4 is 11.9 Å². The lowest BCUT2D eigenvalue weighted by atomic mass is 9.42. The fourth-order valence-corrected chi connectivity index (χ4v) is 11.1. The third-order valence-electron chi connectivity index (χ3n) is 12.5. The Bertz CT molecular complexity index is 958. The summed E-state index contributed by atoms with van der Waals surface area (Å²) in [5, 5.41) is 12.1. The van der Waals surface area contributed by atoms with Gasteiger partial charge < -0.3 is 24.1 Å². The number of carbonyl (C=O) groups excluding carboxylic acids is 2. The summed E-state index contributed by atoms with van der Waals surface area (Å²) < 4.78 is 25.1. The Morgan fingerprint density at radius 2 is 1.66 bits per heavy atom. The molecular weight excluding hydrogens is 484 g/mol. The Labute approximate surface area is 227 Å². The monoisotopic (exact) mass is 532 g/mol. The summed E-state index contributed by atoms with van der Waals surface area (Å²) in [6.07, 6.45) is 6.25. The smallest absolute Gasteiger partial charge is 0.303 e. The molecule has 1 spiro atoms. The van der Waals surface area contributed by atoms with Crippen molar-refractivity contribution in [1.29, 1.82) is 0 Å². The Morgan fingerprint density at radius 1 is 0.947 bits per heavy atom. The van der Waals surface area contributed by atoms with Crippen molar-refractivity contribution in [3.63, 3.8) is 0 Å². The summed E-state index contributed by atoms with van der Waals surface area (Å²) >= 11 is 0. The second-order valence-electron chi connectivity index (χ2n) is 14.4. The molecular formula is C31H48O7. The number of hydrogen-bond acceptors (Lipinski definition) is 7. The standard InChI is InChI=1S/C31H48O7/c1-16-11-12-31(35-15-16)17(2)26-25(38-31)13-22-21-9-7-20-8-10-24(36-18(3)32)28(37-19(4)33)30(20,6)27(21)23(34)14-29(22,26)5/h16-17,20-28,34H,7-15H2,1-6H3/t16?,17-,20?,21-,22-,23?,24?,25-,26-,27+,28?,29-,30-,31+/m0/s1. The van der Waals surface area contributed by atoms with E-state index in [1.165, 1.54) is 13.8 Å². The van der Waals surface area contributed by atoms with Crippen molar-refractivity contribution in [1.82, 2.24) is 0 Å². The first-order chi connectivity index (χ1) is 17.9. The summed E-state index contributed by atoms with van der Waals surface area (Å²) in [4.78, 5) is 24.3. The van der Waals surface area contributed by atoms with Gasteiger partial charge in [0, 0.05) is 31.6 Å². The second kappa shape index (κ2) is 9.17. The summed E-state index contributed by atoms with van der Waals surface area (Å²) in [5.74, 6) is 1.16. The number of aliphatic hydroxyl groups excluding tert-OH is 1. The third-order valence-corrected chi connectivity index (χ3v) is 12.5. The molecule has 0 aromatic heterocycles. The quantitative estimate of drug-likeness (QED) is 0.507. The molecule has 7 nitrogen and oxygen atoms in total. The number of rotatable bonds is 2. The number of esters is 2. The van der Waals surface area contributed by atoms with Gasteiger partial charge in [-0.15, -0.1) is 0 Å². The molecule has 0 radical (unpaired) electrons. The first-order valence-corrected chi connectivity index (χ1v) is 15.2. The molecule has 0 aromatic rings. The zero-order valence-corrected chi connectivity index (χ0v) is 24.1. The van der Waals surface area contributed by atoms with Gasteiger partial charge in [0.15, 0.2) is 5.79 Å². The molecule has 0 aromatic carbocycles. The topological polar surface area (TPSA) is 91.3 Å². The van der Waals surface area contributed by atoms with Crippen molar-refractivity contribution in [2.45, 2.75) is 123 Å². The Balaban J connectivity index is 1.32. The SMILES string of the molecule is CC(=O)OC1CCC2CC[C@@H]3[C@H](C(O)C[C@]4(C)[C@@H]5[C@H](C[C@@H]34)O[C@]3(CCC(C)CO3)[C@H]5C)[C@@]2(C)C1OC(C)=O. The lowest BCUT2D eigenvalue weighted by molar-refractivity contribution is -0.276. The van der Waals surface area contributed by atoms with E-state index in [0.29, 0.717) is 41.9 Å². The molecule has 0 bridgehead atoms. The molecule has 7 heteroatoms. The minimum absolute atomic E-state index is 0.00286. The highest BCUT2D eigenvalue weighted by molar-refractivity contribution is 5.67. The molecule has 4 saturated carbocycles. The molecule has 14 atom stereocenters. The molecule has 6 rings (SSSR count). The van der Waals surface area contributed by atoms with Crippen LogP contribution in [0.5, 0.6) is 0 Å². The maximum atomic E-state index is 12.3. The van der Waals surface area contributed by atoms with Crippen LogP contribution in [0.1, 0.15) is 92.9 Å². The van der Waals surface area contributed by atoms with Crippen molar-refractivity contribution in [2.24, 2.45) is 52.3 Å². The molecule has 6 fully saturated rings. The fraction of sp³-hybridized carbons (Fsp3) is 0.935. The largest absolute Gasteiger partial charge is 0.459 e. The van der Waals surface area contributed by atoms with Gasteiger partial charge >= 0.3 is 11.9 Å². The van der Waals surface area contributed by atoms with Crippen LogP contribution in [-0.4, -0.2) is 53.9 Å². The van der Waals surface area contributed by atoms with E-state index in [1.54, 1.807) is 0 Å². The van der Waals surface area contributed by atoms with Crippen LogP contribution in [0.4, 0.5) is 0 Å². The maximum Gasteiger partial charge on any atom is 0.303 e. The molecule has 38 heavy (non-hydrogen) atoms. The maximum absolute atomic E-state index is 12.3. The van der Waals surface area contributed by atoms with Crippen LogP contribution < -0.4 is 0 Å². The molecule has 2 saturated heterocycles. The average molecular weight is 533 g/mol. The van der Waals surface area contributed by atoms with E-state index in [2.05, 4.69) is 27.7 Å². The molecule has 2 heterocycles. The Hall–Kier alpha value is -1.18. The van der Waals surface area contributed by atoms with Crippen LogP contribution in [0.15, 0.2) is 0 Å². The van der Waals surface area contributed by atoms with E-state index < -0.39 is 29.5 Å². The normalized spacial score (nSPS) is 55.4. The molecule has 2 aliphatic heterocycles. The van der Waals surface area contributed by atoms with Crippen LogP contribution in [0, 0.1) is 52.3 Å². The second-order valence-corrected chi connectivity index (χ2v) is 14.4. The van der Waals surface area contributed by atoms with Gasteiger partial charge in [0.05, 0.1) is 18.8 Å². The number of hydrogen-bond donors (Lipinski definition) is 1. The molecule has 0 amide bonds. The summed E-state index contributed by atoms with van der Waals surface area (Å²) in [5.41, 5.74) is -0.466. The van der Waals surface area contributed by atoms with Gasteiger partial charge in [-0.3, -0.25) is 9.59 Å². The lowest BCUT2D eigenvalue weighted by Crippen LogP contribution is -2.65. The van der Waals surface area contributed by atoms with Crippen LogP contribution in [-0.2, 0) is 28.5 Å². The van der Waals surface area contributed by atoms with Gasteiger partial charge in [0.25, 0.3) is 0 Å². The number of aliphatic hydroxyl groups is 1. The van der Waals surface area contributed by atoms with E-state index in [4.69, 9.17) is 18.9 Å². The van der Waals surface area contributed by atoms with Gasteiger partial charge in [0.1, 0.15) is 12.2 Å². The molecule has 4 aliphatic carbocycles. The highest BCUT2D eigenvalue weighted by atomic mass is 16.7. The van der Waals surface area contributed by atoms with E-state index >= 15 is 0 Å². The summed E-state index contributed by atoms with van der Waals surface area (Å²) in [6, 6.07) is 0. The first-order valence-electron chi connectivity index (χ1n) is 15.2. The predicted molar refractivity (Wildman–Crippen MR) is 140 cm³/mol. The molecule has 214 valence electrons. The van der Waals surface area contributed by atoms with Crippen LogP contribution in [0.2, 0.25) is 0 Å². The highest BCUT2D eigenvalue weighted by Crippen LogP contribution is 2.71. The van der Waals surface area contributed by atoms with E-state index in [0.717, 1.165) is 51.6 Å². The molecule has 6 aliphatic rings. The van der Waals surface area contributed by atoms with E-state index in [9.17, 15) is 14.7 Å². The van der Waals surface area contributed by atoms with Gasteiger partial charge in [-0.25, -0.2) is 0 Å². The Kier molecular flexibility index (Phi) is 6.52. The van der Waals surface area contributed by atoms with Crippen LogP contribution in [0.3, 0.4) is 0 Å². The lowest BCUT2D eigenvalue weighted by Gasteiger charge is -2.64. The zero-order chi connectivity index (χ0) is 27.2. The number of carbonyl (C=O) groups is 2. The minimum atomic E-state index is -0.536. The van der Waals surface area contributed by atoms with Gasteiger partial charge in [-0.2, -0.15) is 0 Å². The van der Waals surface area contributed by atoms with Gasteiger partial charge in [-0.1, -0.05) is 27.7 Å². The van der Waals surface area contributed by atoms with Crippen molar-refractivity contribution in [3.8, 4) is 0 Å². The van der Waals surface area contributed by atoms with E-state index in [1.807, 2.05) is 0 Å². The van der Waals surface area contributed by atoms with E-state index in [-0.39, 0.29) is 29.4 Å². The van der Waals surface area contributed by atoms with Gasteiger partial charge in [-0.05, 0) is 85.9 Å². The van der Waals surface area contributed by atoms with Crippen molar-refractivity contribution in [3.05, 3.63) is 0 Å². The number of fused-ring (bicyclic) bond motifs is 7. The fourth-order valence-electron chi connectivity index (χ4n) is 11.1. The summed E-state index contributed by atoms with van der Waals surface area (Å²) in [6.45, 7) is 12.8. The minimum Gasteiger partial charge on any atom is -0.459 e. The van der Waals surface area contributed by atoms with Crippen LogP contribution in [0.25, 0.3) is 0 Å².